The molecule has 4 rings (SSSR count). The summed E-state index contributed by atoms with van der Waals surface area (Å²) in [6, 6.07) is 10.5. The summed E-state index contributed by atoms with van der Waals surface area (Å²) in [6.45, 7) is 0. The van der Waals surface area contributed by atoms with Gasteiger partial charge in [0.1, 0.15) is 5.78 Å². The van der Waals surface area contributed by atoms with Gasteiger partial charge in [0, 0.05) is 12.3 Å². The molecule has 0 spiro atoms. The van der Waals surface area contributed by atoms with Crippen LogP contribution in [0.4, 0.5) is 0 Å². The fourth-order valence-electron chi connectivity index (χ4n) is 2.80. The van der Waals surface area contributed by atoms with E-state index < -0.39 is 0 Å². The fourth-order valence-corrected chi connectivity index (χ4v) is 2.80. The first-order chi connectivity index (χ1) is 7.34. The van der Waals surface area contributed by atoms with Crippen molar-refractivity contribution in [3.05, 3.63) is 42.0 Å². The summed E-state index contributed by atoms with van der Waals surface area (Å²) in [7, 11) is 0. The molecule has 1 saturated carbocycles. The Balaban J connectivity index is 2.02. The second kappa shape index (κ2) is 3.34. The van der Waals surface area contributed by atoms with Crippen molar-refractivity contribution in [2.75, 3.05) is 0 Å². The molecule has 76 valence electrons. The quantitative estimate of drug-likeness (QED) is 0.677. The predicted octanol–water partition coefficient (Wildman–Crippen LogP) is 3.07. The van der Waals surface area contributed by atoms with Crippen LogP contribution in [0, 0.1) is 11.8 Å². The number of rotatable bonds is 1. The average molecular weight is 198 g/mol. The summed E-state index contributed by atoms with van der Waals surface area (Å²) in [4.78, 5) is 11.6. The van der Waals surface area contributed by atoms with Gasteiger partial charge in [-0.3, -0.25) is 4.79 Å². The first kappa shape index (κ1) is 8.90. The van der Waals surface area contributed by atoms with E-state index in [0.717, 1.165) is 12.8 Å². The van der Waals surface area contributed by atoms with Gasteiger partial charge in [0.15, 0.2) is 0 Å². The molecule has 3 aliphatic carbocycles. The Morgan fingerprint density at radius 2 is 1.87 bits per heavy atom. The van der Waals surface area contributed by atoms with Gasteiger partial charge in [-0.15, -0.1) is 0 Å². The smallest absolute Gasteiger partial charge is 0.140 e. The Labute approximate surface area is 89.8 Å². The average Bonchev–Trinajstić information content (AvgIpc) is 2.31. The molecule has 0 amide bonds. The number of ketones is 1. The fraction of sp³-hybridized carbons (Fsp3) is 0.357. The molecule has 3 aliphatic rings. The van der Waals surface area contributed by atoms with Crippen LogP contribution in [-0.2, 0) is 4.79 Å². The van der Waals surface area contributed by atoms with E-state index in [9.17, 15) is 4.79 Å². The molecule has 0 radical (unpaired) electrons. The predicted molar refractivity (Wildman–Crippen MR) is 60.3 cm³/mol. The third-order valence-corrected chi connectivity index (χ3v) is 3.61. The summed E-state index contributed by atoms with van der Waals surface area (Å²) in [5.41, 5.74) is 2.71. The lowest BCUT2D eigenvalue weighted by molar-refractivity contribution is -0.124. The molecule has 1 fully saturated rings. The molecule has 0 heterocycles. The first-order valence-corrected chi connectivity index (χ1v) is 5.64. The van der Waals surface area contributed by atoms with Gasteiger partial charge in [0.05, 0.1) is 0 Å². The van der Waals surface area contributed by atoms with Crippen molar-refractivity contribution in [2.24, 2.45) is 11.8 Å². The standard InChI is InChI=1S/C14H14O/c15-14-9-11-6-7-12(14)8-13(11)10-4-2-1-3-5-10/h1-5,8,11-12H,6-7,9H2/t11-,12-/m1/s1. The summed E-state index contributed by atoms with van der Waals surface area (Å²) < 4.78 is 0. The Kier molecular flexibility index (Phi) is 1.98. The zero-order chi connectivity index (χ0) is 10.3. The third kappa shape index (κ3) is 1.43. The normalized spacial score (nSPS) is 29.1. The molecular weight excluding hydrogens is 184 g/mol. The van der Waals surface area contributed by atoms with Crippen molar-refractivity contribution >= 4 is 11.4 Å². The molecule has 0 aromatic heterocycles. The van der Waals surface area contributed by atoms with Crippen LogP contribution in [-0.4, -0.2) is 5.78 Å². The molecule has 1 aromatic rings. The van der Waals surface area contributed by atoms with Crippen LogP contribution in [0.1, 0.15) is 24.8 Å². The van der Waals surface area contributed by atoms with Crippen LogP contribution >= 0.6 is 0 Å². The number of allylic oxidation sites excluding steroid dienone is 2. The van der Waals surface area contributed by atoms with Gasteiger partial charge in [-0.2, -0.15) is 0 Å². The zero-order valence-corrected chi connectivity index (χ0v) is 8.65. The molecule has 2 atom stereocenters. The van der Waals surface area contributed by atoms with E-state index in [2.05, 4.69) is 30.3 Å². The Bertz CT molecular complexity index is 416. The lowest BCUT2D eigenvalue weighted by Crippen LogP contribution is -2.29. The molecule has 1 aromatic carbocycles. The highest BCUT2D eigenvalue weighted by Crippen LogP contribution is 2.42. The van der Waals surface area contributed by atoms with Crippen molar-refractivity contribution in [1.29, 1.82) is 0 Å². The Morgan fingerprint density at radius 1 is 1.07 bits per heavy atom. The minimum absolute atomic E-state index is 0.213. The maximum atomic E-state index is 11.6. The van der Waals surface area contributed by atoms with Crippen LogP contribution < -0.4 is 0 Å². The van der Waals surface area contributed by atoms with Crippen molar-refractivity contribution in [2.45, 2.75) is 19.3 Å². The molecule has 1 heteroatoms. The van der Waals surface area contributed by atoms with Gasteiger partial charge in [-0.25, -0.2) is 0 Å². The van der Waals surface area contributed by atoms with Crippen molar-refractivity contribution in [1.82, 2.24) is 0 Å². The van der Waals surface area contributed by atoms with E-state index in [1.54, 1.807) is 0 Å². The van der Waals surface area contributed by atoms with Gasteiger partial charge in [0.25, 0.3) is 0 Å². The molecule has 2 bridgehead atoms. The first-order valence-electron chi connectivity index (χ1n) is 5.64. The molecule has 0 N–H and O–H groups in total. The van der Waals surface area contributed by atoms with E-state index >= 15 is 0 Å². The van der Waals surface area contributed by atoms with E-state index in [4.69, 9.17) is 0 Å². The van der Waals surface area contributed by atoms with Crippen LogP contribution in [0.15, 0.2) is 36.4 Å². The van der Waals surface area contributed by atoms with Crippen molar-refractivity contribution < 1.29 is 4.79 Å². The number of carbonyl (C=O) groups excluding carboxylic acids is 1. The summed E-state index contributed by atoms with van der Waals surface area (Å²) >= 11 is 0. The topological polar surface area (TPSA) is 17.1 Å². The van der Waals surface area contributed by atoms with Crippen LogP contribution in [0.2, 0.25) is 0 Å². The number of carbonyl (C=O) groups is 1. The number of Topliss-reactive ketones (excluding diaryl/α,β-unsaturated/α-hetero) is 1. The highest BCUT2D eigenvalue weighted by molar-refractivity contribution is 5.91. The second-order valence-electron chi connectivity index (χ2n) is 4.54. The van der Waals surface area contributed by atoms with E-state index in [1.807, 2.05) is 6.07 Å². The second-order valence-corrected chi connectivity index (χ2v) is 4.54. The monoisotopic (exact) mass is 198 g/mol. The summed E-state index contributed by atoms with van der Waals surface area (Å²) in [5.74, 6) is 1.15. The molecule has 15 heavy (non-hydrogen) atoms. The van der Waals surface area contributed by atoms with E-state index in [0.29, 0.717) is 11.7 Å². The Hall–Kier alpha value is -1.37. The molecular formula is C14H14O. The minimum Gasteiger partial charge on any atom is -0.299 e. The maximum Gasteiger partial charge on any atom is 0.140 e. The van der Waals surface area contributed by atoms with E-state index in [1.165, 1.54) is 17.6 Å². The van der Waals surface area contributed by atoms with Crippen LogP contribution in [0.5, 0.6) is 0 Å². The van der Waals surface area contributed by atoms with Crippen molar-refractivity contribution in [3.8, 4) is 0 Å². The minimum atomic E-state index is 0.213. The molecule has 0 aliphatic heterocycles. The molecule has 0 saturated heterocycles. The number of benzene rings is 1. The maximum absolute atomic E-state index is 11.6. The Morgan fingerprint density at radius 3 is 2.47 bits per heavy atom. The van der Waals surface area contributed by atoms with Gasteiger partial charge >= 0.3 is 0 Å². The van der Waals surface area contributed by atoms with Gasteiger partial charge in [-0.05, 0) is 29.9 Å². The number of hydrogen-bond donors (Lipinski definition) is 0. The van der Waals surface area contributed by atoms with Gasteiger partial charge in [-0.1, -0.05) is 36.4 Å². The van der Waals surface area contributed by atoms with Gasteiger partial charge < -0.3 is 0 Å². The summed E-state index contributed by atoms with van der Waals surface area (Å²) in [6.07, 6.45) is 5.23. The highest BCUT2D eigenvalue weighted by Gasteiger charge is 2.35. The van der Waals surface area contributed by atoms with Crippen LogP contribution in [0.3, 0.4) is 0 Å². The number of hydrogen-bond acceptors (Lipinski definition) is 1. The van der Waals surface area contributed by atoms with Crippen molar-refractivity contribution in [3.63, 3.8) is 0 Å². The number of fused-ring (bicyclic) bond motifs is 2. The molecule has 0 unspecified atom stereocenters. The van der Waals surface area contributed by atoms with E-state index in [-0.39, 0.29) is 5.92 Å². The SMILES string of the molecule is O=C1C[C@H]2CC[C@@H]1C=C2c1ccccc1. The zero-order valence-electron chi connectivity index (χ0n) is 8.65. The highest BCUT2D eigenvalue weighted by atomic mass is 16.1. The summed E-state index contributed by atoms with van der Waals surface area (Å²) in [5, 5.41) is 0. The van der Waals surface area contributed by atoms with Crippen LogP contribution in [0.25, 0.3) is 5.57 Å². The molecule has 1 nitrogen and oxygen atoms in total. The van der Waals surface area contributed by atoms with Gasteiger partial charge in [0.2, 0.25) is 0 Å². The lowest BCUT2D eigenvalue weighted by atomic mass is 9.69. The third-order valence-electron chi connectivity index (χ3n) is 3.61. The largest absolute Gasteiger partial charge is 0.299 e. The lowest BCUT2D eigenvalue weighted by Gasteiger charge is -2.34.